The Hall–Kier alpha value is -2.40. The van der Waals surface area contributed by atoms with E-state index in [1.165, 1.54) is 29.0 Å². The van der Waals surface area contributed by atoms with Crippen LogP contribution in [0.5, 0.6) is 5.75 Å². The van der Waals surface area contributed by atoms with Gasteiger partial charge in [-0.25, -0.2) is 9.37 Å². The van der Waals surface area contributed by atoms with Gasteiger partial charge in [-0.3, -0.25) is 0 Å². The second kappa shape index (κ2) is 6.79. The molecular weight excluding hydrogens is 311 g/mol. The maximum absolute atomic E-state index is 13.5. The number of methoxy groups -OCH3 is 1. The molecule has 2 aromatic carbocycles. The van der Waals surface area contributed by atoms with Gasteiger partial charge in [-0.05, 0) is 36.2 Å². The minimum Gasteiger partial charge on any atom is -0.496 e. The zero-order chi connectivity index (χ0) is 16.2. The third-order valence-electron chi connectivity index (χ3n) is 3.58. The molecule has 1 N–H and O–H groups in total. The van der Waals surface area contributed by atoms with Crippen LogP contribution in [0.2, 0.25) is 0 Å². The Bertz CT molecular complexity index is 816. The first kappa shape index (κ1) is 15.5. The molecule has 3 aromatic rings. The van der Waals surface area contributed by atoms with Crippen molar-refractivity contribution in [2.24, 2.45) is 0 Å². The molecule has 0 saturated heterocycles. The zero-order valence-electron chi connectivity index (χ0n) is 13.0. The fourth-order valence-corrected chi connectivity index (χ4v) is 3.12. The fraction of sp³-hybridized carbons (Fsp3) is 0.167. The third-order valence-corrected chi connectivity index (χ3v) is 4.34. The van der Waals surface area contributed by atoms with Crippen LogP contribution in [0.3, 0.4) is 0 Å². The molecule has 3 rings (SSSR count). The van der Waals surface area contributed by atoms with E-state index >= 15 is 0 Å². The van der Waals surface area contributed by atoms with E-state index in [1.807, 2.05) is 23.6 Å². The number of hydrogen-bond acceptors (Lipinski definition) is 4. The number of para-hydroxylation sites is 1. The summed E-state index contributed by atoms with van der Waals surface area (Å²) >= 11 is 1.48. The third kappa shape index (κ3) is 3.35. The summed E-state index contributed by atoms with van der Waals surface area (Å²) in [6, 6.07) is 12.6. The Morgan fingerprint density at radius 3 is 2.83 bits per heavy atom. The number of anilines is 2. The number of thiazole rings is 1. The van der Waals surface area contributed by atoms with Gasteiger partial charge in [0.1, 0.15) is 11.6 Å². The van der Waals surface area contributed by atoms with Gasteiger partial charge >= 0.3 is 0 Å². The van der Waals surface area contributed by atoms with Crippen molar-refractivity contribution in [3.05, 3.63) is 59.2 Å². The van der Waals surface area contributed by atoms with Gasteiger partial charge in [-0.2, -0.15) is 0 Å². The number of nitrogens with zero attached hydrogens (tertiary/aromatic N) is 1. The predicted octanol–water partition coefficient (Wildman–Crippen LogP) is 5.26. The molecule has 0 unspecified atom stereocenters. The molecule has 0 amide bonds. The molecule has 0 aliphatic carbocycles. The second-order valence-corrected chi connectivity index (χ2v) is 5.88. The first-order chi connectivity index (χ1) is 11.2. The molecule has 0 aliphatic rings. The molecule has 0 fully saturated rings. The van der Waals surface area contributed by atoms with Gasteiger partial charge < -0.3 is 10.1 Å². The van der Waals surface area contributed by atoms with Crippen molar-refractivity contribution in [1.82, 2.24) is 4.98 Å². The van der Waals surface area contributed by atoms with E-state index in [9.17, 15) is 4.39 Å². The van der Waals surface area contributed by atoms with Crippen LogP contribution in [-0.2, 0) is 6.42 Å². The van der Waals surface area contributed by atoms with Crippen molar-refractivity contribution in [2.75, 3.05) is 12.4 Å². The van der Waals surface area contributed by atoms with Crippen LogP contribution in [0.25, 0.3) is 11.3 Å². The highest BCUT2D eigenvalue weighted by Gasteiger charge is 2.12. The van der Waals surface area contributed by atoms with Crippen molar-refractivity contribution in [1.29, 1.82) is 0 Å². The lowest BCUT2D eigenvalue weighted by Gasteiger charge is -2.08. The fourth-order valence-electron chi connectivity index (χ4n) is 2.40. The van der Waals surface area contributed by atoms with Crippen molar-refractivity contribution in [3.63, 3.8) is 0 Å². The molecular formula is C18H17FN2OS. The molecule has 23 heavy (non-hydrogen) atoms. The van der Waals surface area contributed by atoms with Crippen LogP contribution in [0.1, 0.15) is 12.5 Å². The van der Waals surface area contributed by atoms with E-state index in [-0.39, 0.29) is 5.82 Å². The van der Waals surface area contributed by atoms with Crippen molar-refractivity contribution < 1.29 is 9.13 Å². The Morgan fingerprint density at radius 1 is 1.22 bits per heavy atom. The van der Waals surface area contributed by atoms with E-state index in [0.29, 0.717) is 17.0 Å². The lowest BCUT2D eigenvalue weighted by molar-refractivity contribution is 0.415. The number of benzene rings is 2. The minimum absolute atomic E-state index is 0.306. The summed E-state index contributed by atoms with van der Waals surface area (Å²) in [5, 5.41) is 6.01. The number of aromatic nitrogens is 1. The summed E-state index contributed by atoms with van der Waals surface area (Å²) in [4.78, 5) is 4.56. The number of nitrogens with one attached hydrogen (secondary N) is 1. The summed E-state index contributed by atoms with van der Waals surface area (Å²) in [5.41, 5.74) is 3.62. The van der Waals surface area contributed by atoms with Gasteiger partial charge in [0.05, 0.1) is 12.8 Å². The average molecular weight is 328 g/mol. The summed E-state index contributed by atoms with van der Waals surface area (Å²) in [6.07, 6.45) is 0.944. The molecule has 3 nitrogen and oxygen atoms in total. The zero-order valence-corrected chi connectivity index (χ0v) is 13.8. The number of aryl methyl sites for hydroxylation is 1. The highest BCUT2D eigenvalue weighted by molar-refractivity contribution is 7.14. The lowest BCUT2D eigenvalue weighted by Crippen LogP contribution is -1.95. The van der Waals surface area contributed by atoms with Crippen LogP contribution in [0.15, 0.2) is 47.8 Å². The maximum atomic E-state index is 13.5. The normalized spacial score (nSPS) is 10.6. The van der Waals surface area contributed by atoms with Crippen molar-refractivity contribution in [2.45, 2.75) is 13.3 Å². The topological polar surface area (TPSA) is 34.2 Å². The van der Waals surface area contributed by atoms with Crippen LogP contribution in [-0.4, -0.2) is 12.1 Å². The Balaban J connectivity index is 1.91. The molecule has 0 radical (unpaired) electrons. The van der Waals surface area contributed by atoms with E-state index < -0.39 is 0 Å². The van der Waals surface area contributed by atoms with Gasteiger partial charge in [0.2, 0.25) is 0 Å². The summed E-state index contributed by atoms with van der Waals surface area (Å²) in [5.74, 6) is 0.303. The van der Waals surface area contributed by atoms with E-state index in [0.717, 1.165) is 17.2 Å². The molecule has 0 atom stereocenters. The summed E-state index contributed by atoms with van der Waals surface area (Å²) < 4.78 is 18.8. The smallest absolute Gasteiger partial charge is 0.187 e. The lowest BCUT2D eigenvalue weighted by atomic mass is 10.1. The number of halogens is 1. The predicted molar refractivity (Wildman–Crippen MR) is 93.2 cm³/mol. The largest absolute Gasteiger partial charge is 0.496 e. The molecule has 5 heteroatoms. The number of ether oxygens (including phenoxy) is 1. The van der Waals surface area contributed by atoms with Crippen LogP contribution in [0, 0.1) is 5.82 Å². The average Bonchev–Trinajstić information content (AvgIpc) is 3.03. The van der Waals surface area contributed by atoms with Crippen LogP contribution < -0.4 is 10.1 Å². The molecule has 1 heterocycles. The number of hydrogen-bond donors (Lipinski definition) is 1. The van der Waals surface area contributed by atoms with Gasteiger partial charge in [0, 0.05) is 16.6 Å². The van der Waals surface area contributed by atoms with Crippen LogP contribution >= 0.6 is 11.3 Å². The van der Waals surface area contributed by atoms with Crippen LogP contribution in [0.4, 0.5) is 15.2 Å². The van der Waals surface area contributed by atoms with Gasteiger partial charge in [0.15, 0.2) is 5.13 Å². The number of rotatable bonds is 5. The first-order valence-electron chi connectivity index (χ1n) is 7.35. The first-order valence-corrected chi connectivity index (χ1v) is 8.23. The van der Waals surface area contributed by atoms with Gasteiger partial charge in [0.25, 0.3) is 0 Å². The molecule has 1 aromatic heterocycles. The van der Waals surface area contributed by atoms with E-state index in [1.54, 1.807) is 13.2 Å². The Labute approximate surface area is 138 Å². The summed E-state index contributed by atoms with van der Waals surface area (Å²) in [6.45, 7) is 2.12. The Morgan fingerprint density at radius 2 is 2.04 bits per heavy atom. The highest BCUT2D eigenvalue weighted by Crippen LogP contribution is 2.34. The van der Waals surface area contributed by atoms with Gasteiger partial charge in [-0.1, -0.05) is 25.1 Å². The Kier molecular flexibility index (Phi) is 4.57. The van der Waals surface area contributed by atoms with Crippen molar-refractivity contribution in [3.8, 4) is 17.0 Å². The van der Waals surface area contributed by atoms with E-state index in [4.69, 9.17) is 4.74 Å². The minimum atomic E-state index is -0.306. The SMILES string of the molecule is CCc1ccccc1Nc1nc(-c2cc(F)ccc2OC)cs1. The highest BCUT2D eigenvalue weighted by atomic mass is 32.1. The van der Waals surface area contributed by atoms with E-state index in [2.05, 4.69) is 23.3 Å². The monoisotopic (exact) mass is 328 g/mol. The summed E-state index contributed by atoms with van der Waals surface area (Å²) in [7, 11) is 1.57. The van der Waals surface area contributed by atoms with Crippen molar-refractivity contribution >= 4 is 22.2 Å². The standard InChI is InChI=1S/C18H17FN2OS/c1-3-12-6-4-5-7-15(12)20-18-21-16(11-23-18)14-10-13(19)8-9-17(14)22-2/h4-11H,3H2,1-2H3,(H,20,21). The second-order valence-electron chi connectivity index (χ2n) is 5.02. The van der Waals surface area contributed by atoms with Gasteiger partial charge in [-0.15, -0.1) is 11.3 Å². The molecule has 118 valence electrons. The molecule has 0 saturated carbocycles. The molecule has 0 spiro atoms. The molecule has 0 aliphatic heterocycles. The maximum Gasteiger partial charge on any atom is 0.187 e. The quantitative estimate of drug-likeness (QED) is 0.693. The molecule has 0 bridgehead atoms.